The molecule has 1 N–H and O–H groups in total. The van der Waals surface area contributed by atoms with E-state index in [4.69, 9.17) is 5.11 Å². The predicted molar refractivity (Wildman–Crippen MR) is 80.3 cm³/mol. The van der Waals surface area contributed by atoms with Crippen molar-refractivity contribution in [2.24, 2.45) is 7.05 Å². The average Bonchev–Trinajstić information content (AvgIpc) is 2.83. The number of carbonyl (C=O) groups is 1. The van der Waals surface area contributed by atoms with Crippen molar-refractivity contribution in [3.63, 3.8) is 0 Å². The lowest BCUT2D eigenvalue weighted by Gasteiger charge is -2.07. The number of aromatic nitrogens is 1. The van der Waals surface area contributed by atoms with Gasteiger partial charge in [0.15, 0.2) is 0 Å². The third-order valence-electron chi connectivity index (χ3n) is 3.76. The van der Waals surface area contributed by atoms with Gasteiger partial charge in [0.25, 0.3) is 0 Å². The number of alkyl halides is 3. The van der Waals surface area contributed by atoms with E-state index in [-0.39, 0.29) is 5.56 Å². The van der Waals surface area contributed by atoms with Gasteiger partial charge in [0.1, 0.15) is 0 Å². The van der Waals surface area contributed by atoms with E-state index in [1.807, 2.05) is 0 Å². The Morgan fingerprint density at radius 1 is 1.09 bits per heavy atom. The highest BCUT2D eigenvalue weighted by Crippen LogP contribution is 2.34. The molecule has 3 aromatic rings. The monoisotopic (exact) mass is 319 g/mol. The Hall–Kier alpha value is -2.76. The fraction of sp³-hybridized carbons (Fsp3) is 0.118. The van der Waals surface area contributed by atoms with E-state index in [1.54, 1.807) is 29.9 Å². The molecule has 0 unspecified atom stereocenters. The SMILES string of the molecule is Cn1cc(-c2ccc(C(F)(F)F)cc2)c2ccc(C(=O)O)cc21. The van der Waals surface area contributed by atoms with Crippen LogP contribution in [0, 0.1) is 0 Å². The number of carboxylic acid groups (broad SMARTS) is 1. The van der Waals surface area contributed by atoms with Crippen molar-refractivity contribution in [2.45, 2.75) is 6.18 Å². The molecule has 118 valence electrons. The summed E-state index contributed by atoms with van der Waals surface area (Å²) in [6.07, 6.45) is -2.59. The van der Waals surface area contributed by atoms with Crippen LogP contribution in [-0.2, 0) is 13.2 Å². The van der Waals surface area contributed by atoms with E-state index < -0.39 is 17.7 Å². The number of fused-ring (bicyclic) bond motifs is 1. The van der Waals surface area contributed by atoms with Crippen LogP contribution in [0.25, 0.3) is 22.0 Å². The molecule has 1 aromatic heterocycles. The largest absolute Gasteiger partial charge is 0.478 e. The second-order valence-electron chi connectivity index (χ2n) is 5.27. The van der Waals surface area contributed by atoms with Gasteiger partial charge in [-0.25, -0.2) is 4.79 Å². The van der Waals surface area contributed by atoms with E-state index >= 15 is 0 Å². The van der Waals surface area contributed by atoms with Crippen molar-refractivity contribution in [3.8, 4) is 11.1 Å². The quantitative estimate of drug-likeness (QED) is 0.752. The van der Waals surface area contributed by atoms with Gasteiger partial charge in [-0.2, -0.15) is 13.2 Å². The summed E-state index contributed by atoms with van der Waals surface area (Å²) in [4.78, 5) is 11.0. The van der Waals surface area contributed by atoms with Gasteiger partial charge in [0.05, 0.1) is 11.1 Å². The predicted octanol–water partition coefficient (Wildman–Crippen LogP) is 4.56. The van der Waals surface area contributed by atoms with Gasteiger partial charge in [0, 0.05) is 29.7 Å². The van der Waals surface area contributed by atoms with Crippen LogP contribution in [-0.4, -0.2) is 15.6 Å². The molecule has 0 bridgehead atoms. The van der Waals surface area contributed by atoms with E-state index in [0.717, 1.165) is 23.1 Å². The van der Waals surface area contributed by atoms with Gasteiger partial charge in [-0.05, 0) is 29.8 Å². The van der Waals surface area contributed by atoms with Gasteiger partial charge in [-0.3, -0.25) is 0 Å². The summed E-state index contributed by atoms with van der Waals surface area (Å²) in [5.74, 6) is -1.02. The van der Waals surface area contributed by atoms with Crippen LogP contribution in [0.15, 0.2) is 48.7 Å². The summed E-state index contributed by atoms with van der Waals surface area (Å²) >= 11 is 0. The summed E-state index contributed by atoms with van der Waals surface area (Å²) in [5.41, 5.74) is 1.58. The molecule has 3 nitrogen and oxygen atoms in total. The fourth-order valence-electron chi connectivity index (χ4n) is 2.59. The molecule has 1 heterocycles. The summed E-state index contributed by atoms with van der Waals surface area (Å²) < 4.78 is 39.7. The number of nitrogens with zero attached hydrogens (tertiary/aromatic N) is 1. The number of carboxylic acids is 1. The van der Waals surface area contributed by atoms with Crippen LogP contribution in [0.4, 0.5) is 13.2 Å². The zero-order valence-corrected chi connectivity index (χ0v) is 12.1. The highest BCUT2D eigenvalue weighted by Gasteiger charge is 2.30. The molecule has 2 aromatic carbocycles. The Bertz CT molecular complexity index is 893. The topological polar surface area (TPSA) is 42.2 Å². The number of hydrogen-bond donors (Lipinski definition) is 1. The number of halogens is 3. The Labute approximate surface area is 129 Å². The minimum Gasteiger partial charge on any atom is -0.478 e. The van der Waals surface area contributed by atoms with E-state index in [2.05, 4.69) is 0 Å². The first-order valence-corrected chi connectivity index (χ1v) is 6.77. The first-order chi connectivity index (χ1) is 10.8. The molecular formula is C17H12F3NO2. The van der Waals surface area contributed by atoms with Gasteiger partial charge >= 0.3 is 12.1 Å². The van der Waals surface area contributed by atoms with Crippen molar-refractivity contribution in [3.05, 3.63) is 59.8 Å². The molecule has 0 saturated heterocycles. The Balaban J connectivity index is 2.12. The van der Waals surface area contributed by atoms with Gasteiger partial charge in [0.2, 0.25) is 0 Å². The van der Waals surface area contributed by atoms with E-state index in [9.17, 15) is 18.0 Å². The number of aromatic carboxylic acids is 1. The first kappa shape index (κ1) is 15.1. The van der Waals surface area contributed by atoms with Crippen LogP contribution in [0.2, 0.25) is 0 Å². The zero-order chi connectivity index (χ0) is 16.8. The molecule has 0 radical (unpaired) electrons. The molecule has 6 heteroatoms. The number of hydrogen-bond acceptors (Lipinski definition) is 1. The smallest absolute Gasteiger partial charge is 0.416 e. The molecule has 0 amide bonds. The highest BCUT2D eigenvalue weighted by molar-refractivity contribution is 6.00. The third-order valence-corrected chi connectivity index (χ3v) is 3.76. The Morgan fingerprint density at radius 2 is 1.74 bits per heavy atom. The second kappa shape index (κ2) is 5.15. The maximum absolute atomic E-state index is 12.6. The maximum atomic E-state index is 12.6. The Kier molecular flexibility index (Phi) is 3.39. The lowest BCUT2D eigenvalue weighted by molar-refractivity contribution is -0.137. The molecule has 23 heavy (non-hydrogen) atoms. The number of aryl methyl sites for hydroxylation is 1. The molecule has 0 saturated carbocycles. The number of benzene rings is 2. The first-order valence-electron chi connectivity index (χ1n) is 6.77. The molecule has 0 fully saturated rings. The third kappa shape index (κ3) is 2.67. The Morgan fingerprint density at radius 3 is 2.30 bits per heavy atom. The van der Waals surface area contributed by atoms with Crippen molar-refractivity contribution in [2.75, 3.05) is 0 Å². The van der Waals surface area contributed by atoms with Gasteiger partial charge in [-0.1, -0.05) is 18.2 Å². The number of rotatable bonds is 2. The lowest BCUT2D eigenvalue weighted by Crippen LogP contribution is -2.03. The molecule has 0 spiro atoms. The van der Waals surface area contributed by atoms with Crippen LogP contribution in [0.5, 0.6) is 0 Å². The average molecular weight is 319 g/mol. The molecule has 0 aliphatic rings. The standard InChI is InChI=1S/C17H12F3NO2/c1-21-9-14(10-2-5-12(6-3-10)17(18,19)20)13-7-4-11(16(22)23)8-15(13)21/h2-9H,1H3,(H,22,23). The molecule has 3 rings (SSSR count). The van der Waals surface area contributed by atoms with Crippen molar-refractivity contribution in [1.82, 2.24) is 4.57 Å². The molecule has 0 aliphatic carbocycles. The maximum Gasteiger partial charge on any atom is 0.416 e. The lowest BCUT2D eigenvalue weighted by atomic mass is 10.0. The summed E-state index contributed by atoms with van der Waals surface area (Å²) in [7, 11) is 1.77. The minimum atomic E-state index is -4.37. The summed E-state index contributed by atoms with van der Waals surface area (Å²) in [6.45, 7) is 0. The van der Waals surface area contributed by atoms with Crippen molar-refractivity contribution >= 4 is 16.9 Å². The fourth-order valence-corrected chi connectivity index (χ4v) is 2.59. The highest BCUT2D eigenvalue weighted by atomic mass is 19.4. The van der Waals surface area contributed by atoms with Crippen molar-refractivity contribution in [1.29, 1.82) is 0 Å². The molecule has 0 aliphatic heterocycles. The van der Waals surface area contributed by atoms with E-state index in [1.165, 1.54) is 18.2 Å². The zero-order valence-electron chi connectivity index (χ0n) is 12.1. The molecular weight excluding hydrogens is 307 g/mol. The van der Waals surface area contributed by atoms with E-state index in [0.29, 0.717) is 11.1 Å². The van der Waals surface area contributed by atoms with Gasteiger partial charge < -0.3 is 9.67 Å². The van der Waals surface area contributed by atoms with Crippen LogP contribution < -0.4 is 0 Å². The molecule has 0 atom stereocenters. The van der Waals surface area contributed by atoms with Gasteiger partial charge in [-0.15, -0.1) is 0 Å². The minimum absolute atomic E-state index is 0.165. The summed E-state index contributed by atoms with van der Waals surface area (Å²) in [5, 5.41) is 9.84. The normalized spacial score (nSPS) is 11.8. The van der Waals surface area contributed by atoms with Crippen LogP contribution >= 0.6 is 0 Å². The van der Waals surface area contributed by atoms with Crippen molar-refractivity contribution < 1.29 is 23.1 Å². The second-order valence-corrected chi connectivity index (χ2v) is 5.27. The summed E-state index contributed by atoms with van der Waals surface area (Å²) in [6, 6.07) is 9.63. The van der Waals surface area contributed by atoms with Crippen LogP contribution in [0.3, 0.4) is 0 Å². The van der Waals surface area contributed by atoms with Crippen LogP contribution in [0.1, 0.15) is 15.9 Å².